The van der Waals surface area contributed by atoms with E-state index in [1.807, 2.05) is 27.1 Å². The van der Waals surface area contributed by atoms with Gasteiger partial charge in [-0.3, -0.25) is 19.2 Å². The predicted octanol–water partition coefficient (Wildman–Crippen LogP) is 1.22. The number of carbonyl (C=O) groups excluding carboxylic acids is 2. The summed E-state index contributed by atoms with van der Waals surface area (Å²) in [5.74, 6) is 0.820. The summed E-state index contributed by atoms with van der Waals surface area (Å²) in [6, 6.07) is 1.70. The molecule has 1 saturated heterocycles. The van der Waals surface area contributed by atoms with Crippen molar-refractivity contribution < 1.29 is 9.59 Å². The average molecular weight is 399 g/mol. The SMILES string of the molecule is Cc1cc(C(=O)NCC2CCN(CC(=O)Nc3cn(C)nc3C)CC2)nc(C)n1. The van der Waals surface area contributed by atoms with Gasteiger partial charge in [-0.2, -0.15) is 5.10 Å². The first-order valence-corrected chi connectivity index (χ1v) is 9.93. The van der Waals surface area contributed by atoms with Crippen LogP contribution in [0.1, 0.15) is 40.5 Å². The Balaban J connectivity index is 1.40. The fraction of sp³-hybridized carbons (Fsp3) is 0.550. The molecule has 0 spiro atoms. The molecule has 1 aliphatic heterocycles. The van der Waals surface area contributed by atoms with Crippen molar-refractivity contribution >= 4 is 17.5 Å². The Hall–Kier alpha value is -2.81. The molecule has 0 radical (unpaired) electrons. The molecule has 29 heavy (non-hydrogen) atoms. The topological polar surface area (TPSA) is 105 Å². The minimum atomic E-state index is -0.160. The van der Waals surface area contributed by atoms with Gasteiger partial charge in [0.15, 0.2) is 0 Å². The van der Waals surface area contributed by atoms with Gasteiger partial charge in [0.1, 0.15) is 11.5 Å². The Morgan fingerprint density at radius 3 is 2.52 bits per heavy atom. The molecule has 9 nitrogen and oxygen atoms in total. The van der Waals surface area contributed by atoms with Crippen LogP contribution >= 0.6 is 0 Å². The second kappa shape index (κ2) is 9.13. The Morgan fingerprint density at radius 2 is 1.90 bits per heavy atom. The second-order valence-electron chi connectivity index (χ2n) is 7.72. The van der Waals surface area contributed by atoms with Crippen LogP contribution in [0.15, 0.2) is 12.3 Å². The summed E-state index contributed by atoms with van der Waals surface area (Å²) < 4.78 is 1.69. The lowest BCUT2D eigenvalue weighted by molar-refractivity contribution is -0.117. The minimum absolute atomic E-state index is 0.0256. The summed E-state index contributed by atoms with van der Waals surface area (Å²) in [4.78, 5) is 35.2. The zero-order valence-corrected chi connectivity index (χ0v) is 17.5. The smallest absolute Gasteiger partial charge is 0.270 e. The van der Waals surface area contributed by atoms with Gasteiger partial charge in [-0.15, -0.1) is 0 Å². The zero-order valence-electron chi connectivity index (χ0n) is 17.5. The van der Waals surface area contributed by atoms with E-state index < -0.39 is 0 Å². The highest BCUT2D eigenvalue weighted by molar-refractivity contribution is 5.93. The van der Waals surface area contributed by atoms with Gasteiger partial charge in [0.25, 0.3) is 5.91 Å². The van der Waals surface area contributed by atoms with E-state index >= 15 is 0 Å². The highest BCUT2D eigenvalue weighted by Crippen LogP contribution is 2.17. The van der Waals surface area contributed by atoms with Crippen LogP contribution in [-0.2, 0) is 11.8 Å². The van der Waals surface area contributed by atoms with Crippen molar-refractivity contribution in [1.82, 2.24) is 30.0 Å². The molecule has 1 aliphatic rings. The Labute approximate surface area is 170 Å². The summed E-state index contributed by atoms with van der Waals surface area (Å²) in [7, 11) is 1.83. The van der Waals surface area contributed by atoms with Crippen molar-refractivity contribution in [3.05, 3.63) is 35.2 Å². The number of hydrogen-bond donors (Lipinski definition) is 2. The molecule has 2 aromatic heterocycles. The van der Waals surface area contributed by atoms with Crippen LogP contribution in [0.4, 0.5) is 5.69 Å². The molecule has 1 fully saturated rings. The molecule has 156 valence electrons. The van der Waals surface area contributed by atoms with E-state index in [1.165, 1.54) is 0 Å². The number of hydrogen-bond acceptors (Lipinski definition) is 6. The number of likely N-dealkylation sites (tertiary alicyclic amines) is 1. The average Bonchev–Trinajstić information content (AvgIpc) is 2.96. The molecule has 0 aliphatic carbocycles. The third kappa shape index (κ3) is 5.83. The molecule has 0 atom stereocenters. The summed E-state index contributed by atoms with van der Waals surface area (Å²) in [6.45, 7) is 8.18. The van der Waals surface area contributed by atoms with E-state index in [1.54, 1.807) is 17.7 Å². The van der Waals surface area contributed by atoms with Gasteiger partial charge >= 0.3 is 0 Å². The minimum Gasteiger partial charge on any atom is -0.350 e. The second-order valence-corrected chi connectivity index (χ2v) is 7.72. The maximum absolute atomic E-state index is 12.3. The number of amides is 2. The molecule has 9 heteroatoms. The van der Waals surface area contributed by atoms with Crippen LogP contribution in [0.25, 0.3) is 0 Å². The Bertz CT molecular complexity index is 865. The molecule has 0 bridgehead atoms. The molecule has 0 unspecified atom stereocenters. The number of piperidine rings is 1. The first-order chi connectivity index (χ1) is 13.8. The number of anilines is 1. The largest absolute Gasteiger partial charge is 0.350 e. The van der Waals surface area contributed by atoms with E-state index in [0.29, 0.717) is 30.5 Å². The summed E-state index contributed by atoms with van der Waals surface area (Å²) in [5.41, 5.74) is 2.76. The quantitative estimate of drug-likeness (QED) is 0.757. The molecule has 2 amide bonds. The lowest BCUT2D eigenvalue weighted by Gasteiger charge is -2.31. The monoisotopic (exact) mass is 399 g/mol. The summed E-state index contributed by atoms with van der Waals surface area (Å²) in [6.07, 6.45) is 3.70. The molecule has 0 saturated carbocycles. The van der Waals surface area contributed by atoms with Gasteiger partial charge in [0.05, 0.1) is 17.9 Å². The fourth-order valence-corrected chi connectivity index (χ4v) is 3.62. The molecule has 0 aromatic carbocycles. The summed E-state index contributed by atoms with van der Waals surface area (Å²) >= 11 is 0. The number of aromatic nitrogens is 4. The Kier molecular flexibility index (Phi) is 6.58. The number of carbonyl (C=O) groups is 2. The van der Waals surface area contributed by atoms with Crippen molar-refractivity contribution in [2.45, 2.75) is 33.6 Å². The molecular weight excluding hydrogens is 370 g/mol. The van der Waals surface area contributed by atoms with Crippen molar-refractivity contribution in [2.24, 2.45) is 13.0 Å². The molecule has 2 aromatic rings. The van der Waals surface area contributed by atoms with Crippen LogP contribution in [0.5, 0.6) is 0 Å². The van der Waals surface area contributed by atoms with Crippen LogP contribution in [0.2, 0.25) is 0 Å². The van der Waals surface area contributed by atoms with Gasteiger partial charge in [-0.05, 0) is 58.7 Å². The third-order valence-corrected chi connectivity index (χ3v) is 5.11. The van der Waals surface area contributed by atoms with Crippen LogP contribution < -0.4 is 10.6 Å². The number of aryl methyl sites for hydroxylation is 4. The molecule has 2 N–H and O–H groups in total. The van der Waals surface area contributed by atoms with Gasteiger partial charge in [-0.1, -0.05) is 0 Å². The first kappa shape index (κ1) is 20.9. The molecule has 3 heterocycles. The maximum Gasteiger partial charge on any atom is 0.270 e. The normalized spacial score (nSPS) is 15.3. The lowest BCUT2D eigenvalue weighted by atomic mass is 9.96. The fourth-order valence-electron chi connectivity index (χ4n) is 3.62. The molecular formula is C20H29N7O2. The van der Waals surface area contributed by atoms with E-state index in [-0.39, 0.29) is 11.8 Å². The highest BCUT2D eigenvalue weighted by atomic mass is 16.2. The number of rotatable bonds is 6. The van der Waals surface area contributed by atoms with Crippen molar-refractivity contribution in [2.75, 3.05) is 31.5 Å². The predicted molar refractivity (Wildman–Crippen MR) is 110 cm³/mol. The van der Waals surface area contributed by atoms with Crippen molar-refractivity contribution in [1.29, 1.82) is 0 Å². The zero-order chi connectivity index (χ0) is 21.0. The third-order valence-electron chi connectivity index (χ3n) is 5.11. The van der Waals surface area contributed by atoms with Crippen LogP contribution in [0.3, 0.4) is 0 Å². The van der Waals surface area contributed by atoms with E-state index in [4.69, 9.17) is 0 Å². The van der Waals surface area contributed by atoms with Gasteiger partial charge < -0.3 is 10.6 Å². The number of nitrogens with zero attached hydrogens (tertiary/aromatic N) is 5. The van der Waals surface area contributed by atoms with E-state index in [9.17, 15) is 9.59 Å². The molecule has 3 rings (SSSR count). The van der Waals surface area contributed by atoms with E-state index in [2.05, 4.69) is 30.6 Å². The van der Waals surface area contributed by atoms with Gasteiger partial charge in [0.2, 0.25) is 5.91 Å². The summed E-state index contributed by atoms with van der Waals surface area (Å²) in [5, 5.41) is 10.1. The van der Waals surface area contributed by atoms with Crippen molar-refractivity contribution in [3.63, 3.8) is 0 Å². The lowest BCUT2D eigenvalue weighted by Crippen LogP contribution is -2.42. The van der Waals surface area contributed by atoms with Gasteiger partial charge in [0, 0.05) is 25.5 Å². The first-order valence-electron chi connectivity index (χ1n) is 9.93. The van der Waals surface area contributed by atoms with E-state index in [0.717, 1.165) is 43.0 Å². The van der Waals surface area contributed by atoms with Crippen LogP contribution in [0, 0.1) is 26.7 Å². The maximum atomic E-state index is 12.3. The van der Waals surface area contributed by atoms with Crippen LogP contribution in [-0.4, -0.2) is 62.6 Å². The number of nitrogens with one attached hydrogen (secondary N) is 2. The Morgan fingerprint density at radius 1 is 1.17 bits per heavy atom. The van der Waals surface area contributed by atoms with Crippen molar-refractivity contribution in [3.8, 4) is 0 Å². The highest BCUT2D eigenvalue weighted by Gasteiger charge is 2.22. The standard InChI is InChI=1S/C20H29N7O2/c1-13-9-17(23-15(3)22-13)20(29)21-10-16-5-7-27(8-6-16)12-19(28)24-18-11-26(4)25-14(18)2/h9,11,16H,5-8,10,12H2,1-4H3,(H,21,29)(H,24,28). The van der Waals surface area contributed by atoms with Gasteiger partial charge in [-0.25, -0.2) is 9.97 Å².